The van der Waals surface area contributed by atoms with E-state index in [1.54, 1.807) is 11.3 Å². The first-order chi connectivity index (χ1) is 7.65. The van der Waals surface area contributed by atoms with E-state index in [1.165, 1.54) is 23.1 Å². The molecule has 0 atom stereocenters. The van der Waals surface area contributed by atoms with Crippen molar-refractivity contribution in [3.05, 3.63) is 31.9 Å². The predicted molar refractivity (Wildman–Crippen MR) is 73.9 cm³/mol. The van der Waals surface area contributed by atoms with Crippen molar-refractivity contribution in [3.8, 4) is 0 Å². The van der Waals surface area contributed by atoms with Crippen molar-refractivity contribution in [2.45, 2.75) is 11.3 Å². The summed E-state index contributed by atoms with van der Waals surface area (Å²) in [5.41, 5.74) is 1.01. The van der Waals surface area contributed by atoms with Crippen molar-refractivity contribution in [1.82, 2.24) is 4.98 Å². The Morgan fingerprint density at radius 1 is 1.56 bits per heavy atom. The molecular formula is C10H8BrNOS3. The summed E-state index contributed by atoms with van der Waals surface area (Å²) in [6, 6.07) is 3.75. The lowest BCUT2D eigenvalue weighted by atomic mass is 10.4. The highest BCUT2D eigenvalue weighted by atomic mass is 79.9. The minimum absolute atomic E-state index is 0.161. The Morgan fingerprint density at radius 2 is 2.38 bits per heavy atom. The average Bonchev–Trinajstić information content (AvgIpc) is 2.84. The molecule has 0 aliphatic rings. The fraction of sp³-hybridized carbons (Fsp3) is 0.200. The third kappa shape index (κ3) is 3.16. The number of Topliss-reactive ketones (excluding diaryl/α,β-unsaturated/α-hetero) is 1. The third-order valence-electron chi connectivity index (χ3n) is 1.77. The Labute approximate surface area is 114 Å². The topological polar surface area (TPSA) is 30.0 Å². The van der Waals surface area contributed by atoms with E-state index in [0.29, 0.717) is 5.75 Å². The summed E-state index contributed by atoms with van der Waals surface area (Å²) in [6.45, 7) is 1.96. The SMILES string of the molecule is Cc1csc(SCC(=O)c2ccc(Br)s2)n1. The lowest BCUT2D eigenvalue weighted by Gasteiger charge is -1.94. The lowest BCUT2D eigenvalue weighted by molar-refractivity contribution is 0.102. The van der Waals surface area contributed by atoms with Gasteiger partial charge in [0.1, 0.15) is 0 Å². The van der Waals surface area contributed by atoms with Crippen LogP contribution in [-0.4, -0.2) is 16.5 Å². The van der Waals surface area contributed by atoms with Gasteiger partial charge in [-0.25, -0.2) is 4.98 Å². The maximum absolute atomic E-state index is 11.8. The van der Waals surface area contributed by atoms with Crippen LogP contribution in [0.4, 0.5) is 0 Å². The number of hydrogen-bond acceptors (Lipinski definition) is 5. The second-order valence-electron chi connectivity index (χ2n) is 3.07. The van der Waals surface area contributed by atoms with Crippen LogP contribution in [0.25, 0.3) is 0 Å². The summed E-state index contributed by atoms with van der Waals surface area (Å²) >= 11 is 7.91. The highest BCUT2D eigenvalue weighted by molar-refractivity contribution is 9.11. The summed E-state index contributed by atoms with van der Waals surface area (Å²) < 4.78 is 1.95. The Hall–Kier alpha value is -0.170. The van der Waals surface area contributed by atoms with Gasteiger partial charge in [0.2, 0.25) is 0 Å². The molecule has 0 fully saturated rings. The van der Waals surface area contributed by atoms with Gasteiger partial charge in [-0.05, 0) is 35.0 Å². The zero-order valence-electron chi connectivity index (χ0n) is 8.40. The number of thiazole rings is 1. The van der Waals surface area contributed by atoms with Crippen molar-refractivity contribution in [2.24, 2.45) is 0 Å². The monoisotopic (exact) mass is 333 g/mol. The number of halogens is 1. The van der Waals surface area contributed by atoms with Crippen molar-refractivity contribution in [3.63, 3.8) is 0 Å². The van der Waals surface area contributed by atoms with E-state index in [0.717, 1.165) is 18.7 Å². The molecule has 0 spiro atoms. The molecule has 0 saturated heterocycles. The summed E-state index contributed by atoms with van der Waals surface area (Å²) in [4.78, 5) is 16.9. The molecule has 0 unspecified atom stereocenters. The second-order valence-corrected chi connectivity index (χ2v) is 7.61. The summed E-state index contributed by atoms with van der Waals surface area (Å²) in [5.74, 6) is 0.619. The van der Waals surface area contributed by atoms with Crippen LogP contribution in [0.2, 0.25) is 0 Å². The maximum Gasteiger partial charge on any atom is 0.183 e. The van der Waals surface area contributed by atoms with Gasteiger partial charge in [0.05, 0.1) is 14.4 Å². The fourth-order valence-electron chi connectivity index (χ4n) is 1.06. The van der Waals surface area contributed by atoms with Gasteiger partial charge < -0.3 is 0 Å². The van der Waals surface area contributed by atoms with Gasteiger partial charge in [-0.15, -0.1) is 22.7 Å². The number of thiophene rings is 1. The molecule has 0 bridgehead atoms. The molecule has 2 rings (SSSR count). The van der Waals surface area contributed by atoms with Crippen LogP contribution in [0.15, 0.2) is 25.6 Å². The van der Waals surface area contributed by atoms with Crippen LogP contribution in [0.3, 0.4) is 0 Å². The number of ketones is 1. The number of carbonyl (C=O) groups is 1. The largest absolute Gasteiger partial charge is 0.292 e. The maximum atomic E-state index is 11.8. The Balaban J connectivity index is 1.93. The van der Waals surface area contributed by atoms with Crippen molar-refractivity contribution < 1.29 is 4.79 Å². The smallest absolute Gasteiger partial charge is 0.183 e. The quantitative estimate of drug-likeness (QED) is 0.618. The van der Waals surface area contributed by atoms with Gasteiger partial charge in [0, 0.05) is 11.1 Å². The van der Waals surface area contributed by atoms with Crippen LogP contribution in [0, 0.1) is 6.92 Å². The Morgan fingerprint density at radius 3 is 2.94 bits per heavy atom. The van der Waals surface area contributed by atoms with Crippen molar-refractivity contribution in [2.75, 3.05) is 5.75 Å². The number of hydrogen-bond donors (Lipinski definition) is 0. The third-order valence-corrected chi connectivity index (χ3v) is 5.58. The van der Waals surface area contributed by atoms with Crippen LogP contribution in [-0.2, 0) is 0 Å². The number of aryl methyl sites for hydroxylation is 1. The molecule has 0 aliphatic heterocycles. The molecule has 2 nitrogen and oxygen atoms in total. The van der Waals surface area contributed by atoms with E-state index >= 15 is 0 Å². The molecule has 84 valence electrons. The Kier molecular flexibility index (Phi) is 4.18. The molecule has 2 aromatic heterocycles. The highest BCUT2D eigenvalue weighted by Gasteiger charge is 2.10. The number of rotatable bonds is 4. The molecule has 2 heterocycles. The van der Waals surface area contributed by atoms with Gasteiger partial charge in [-0.3, -0.25) is 4.79 Å². The first-order valence-corrected chi connectivity index (χ1v) is 7.96. The molecule has 0 N–H and O–H groups in total. The minimum Gasteiger partial charge on any atom is -0.292 e. The molecule has 2 aromatic rings. The van der Waals surface area contributed by atoms with Gasteiger partial charge in [-0.1, -0.05) is 11.8 Å². The Bertz CT molecular complexity index is 506. The molecular weight excluding hydrogens is 326 g/mol. The van der Waals surface area contributed by atoms with E-state index < -0.39 is 0 Å². The van der Waals surface area contributed by atoms with Crippen molar-refractivity contribution >= 4 is 56.1 Å². The molecule has 16 heavy (non-hydrogen) atoms. The average molecular weight is 334 g/mol. The van der Waals surface area contributed by atoms with Crippen molar-refractivity contribution in [1.29, 1.82) is 0 Å². The first-order valence-electron chi connectivity index (χ1n) is 4.48. The molecule has 0 saturated carbocycles. The second kappa shape index (κ2) is 5.44. The molecule has 0 radical (unpaired) electrons. The number of thioether (sulfide) groups is 1. The first kappa shape index (κ1) is 12.3. The fourth-order valence-corrected chi connectivity index (χ4v) is 4.21. The number of nitrogens with zero attached hydrogens (tertiary/aromatic N) is 1. The normalized spacial score (nSPS) is 10.6. The van der Waals surface area contributed by atoms with E-state index in [9.17, 15) is 4.79 Å². The zero-order valence-corrected chi connectivity index (χ0v) is 12.4. The van der Waals surface area contributed by atoms with E-state index in [2.05, 4.69) is 20.9 Å². The summed E-state index contributed by atoms with van der Waals surface area (Å²) in [6.07, 6.45) is 0. The number of aromatic nitrogens is 1. The van der Waals surface area contributed by atoms with E-state index in [4.69, 9.17) is 0 Å². The van der Waals surface area contributed by atoms with Gasteiger partial charge >= 0.3 is 0 Å². The van der Waals surface area contributed by atoms with Gasteiger partial charge in [0.15, 0.2) is 10.1 Å². The molecule has 0 amide bonds. The summed E-state index contributed by atoms with van der Waals surface area (Å²) in [7, 11) is 0. The van der Waals surface area contributed by atoms with Gasteiger partial charge in [0.25, 0.3) is 0 Å². The number of carbonyl (C=O) groups excluding carboxylic acids is 1. The molecule has 0 aliphatic carbocycles. The lowest BCUT2D eigenvalue weighted by Crippen LogP contribution is -1.98. The van der Waals surface area contributed by atoms with E-state index in [-0.39, 0.29) is 5.78 Å². The van der Waals surface area contributed by atoms with Crippen LogP contribution in [0.1, 0.15) is 15.4 Å². The zero-order chi connectivity index (χ0) is 11.5. The van der Waals surface area contributed by atoms with Gasteiger partial charge in [-0.2, -0.15) is 0 Å². The molecule has 0 aromatic carbocycles. The highest BCUT2D eigenvalue weighted by Crippen LogP contribution is 2.26. The summed E-state index contributed by atoms with van der Waals surface area (Å²) in [5, 5.41) is 1.99. The standard InChI is InChI=1S/C10H8BrNOS3/c1-6-4-14-10(12-6)15-5-7(13)8-2-3-9(11)16-8/h2-4H,5H2,1H3. The van der Waals surface area contributed by atoms with Crippen LogP contribution >= 0.6 is 50.4 Å². The predicted octanol–water partition coefficient (Wildman–Crippen LogP) is 4.25. The van der Waals surface area contributed by atoms with Crippen LogP contribution in [0.5, 0.6) is 0 Å². The molecule has 6 heteroatoms. The van der Waals surface area contributed by atoms with Crippen LogP contribution < -0.4 is 0 Å². The van der Waals surface area contributed by atoms with E-state index in [1.807, 2.05) is 24.4 Å². The minimum atomic E-state index is 0.161.